The van der Waals surface area contributed by atoms with Crippen LogP contribution < -0.4 is 0 Å². The van der Waals surface area contributed by atoms with Crippen LogP contribution in [-0.4, -0.2) is 60.7 Å². The van der Waals surface area contributed by atoms with Gasteiger partial charge in [0.15, 0.2) is 22.9 Å². The molecule has 0 rings (SSSR count). The van der Waals surface area contributed by atoms with Gasteiger partial charge in [-0.25, -0.2) is 4.89 Å². The Balaban J connectivity index is 3.85. The maximum absolute atomic E-state index is 6.62. The first-order valence-corrected chi connectivity index (χ1v) is 23.6. The molecule has 0 radical (unpaired) electrons. The highest BCUT2D eigenvalue weighted by Gasteiger charge is 2.44. The second kappa shape index (κ2) is 20.5. The molecule has 38 heavy (non-hydrogen) atoms. The van der Waals surface area contributed by atoms with E-state index in [0.29, 0.717) is 6.61 Å². The standard InChI is InChI=1S/C17H42O17Si4/c1-18-13-15-20-22-24-26-28-30-31-29-27-25-23-21-16-14-19-12-11-17-38(10,33-36(5,6)7)34-37(8,9)32-35(2,3)4/h13,15H,11-12,14,16-17H2,1-10H3/b15-13+. The Morgan fingerprint density at radius 1 is 0.526 bits per heavy atom. The topological polar surface area (TPSA) is 157 Å². The molecule has 0 aliphatic heterocycles. The Kier molecular flexibility index (Phi) is 20.3. The smallest absolute Gasteiger partial charge is 0.315 e. The van der Waals surface area contributed by atoms with Gasteiger partial charge in [-0.1, -0.05) is 0 Å². The molecule has 0 saturated carbocycles. The van der Waals surface area contributed by atoms with Crippen molar-refractivity contribution in [3.05, 3.63) is 12.5 Å². The van der Waals surface area contributed by atoms with Crippen molar-refractivity contribution in [1.82, 2.24) is 0 Å². The molecule has 0 bridgehead atoms. The second-order valence-electron chi connectivity index (χ2n) is 9.89. The summed E-state index contributed by atoms with van der Waals surface area (Å²) in [5.74, 6) is 0. The molecule has 0 fully saturated rings. The summed E-state index contributed by atoms with van der Waals surface area (Å²) in [6.45, 7) is 20.0. The first kappa shape index (κ1) is 37.6. The van der Waals surface area contributed by atoms with E-state index in [1.165, 1.54) is 7.11 Å². The third-order valence-corrected chi connectivity index (χ3v) is 16.9. The molecule has 21 heteroatoms. The Morgan fingerprint density at radius 2 is 1.05 bits per heavy atom. The molecule has 228 valence electrons. The Morgan fingerprint density at radius 3 is 1.58 bits per heavy atom. The van der Waals surface area contributed by atoms with Gasteiger partial charge in [-0.05, 0) is 96.6 Å². The van der Waals surface area contributed by atoms with Crippen molar-refractivity contribution >= 4 is 33.8 Å². The Bertz CT molecular complexity index is 604. The van der Waals surface area contributed by atoms with Crippen molar-refractivity contribution in [2.75, 3.05) is 26.9 Å². The molecule has 0 aromatic rings. The molecule has 0 spiro atoms. The number of rotatable bonds is 26. The Hall–Kier alpha value is -0.392. The predicted molar refractivity (Wildman–Crippen MR) is 133 cm³/mol. The summed E-state index contributed by atoms with van der Waals surface area (Å²) in [7, 11) is -6.96. The highest BCUT2D eigenvalue weighted by atomic mass is 28.5. The summed E-state index contributed by atoms with van der Waals surface area (Å²) in [6, 6.07) is 0.782. The lowest BCUT2D eigenvalue weighted by molar-refractivity contribution is -0.862. The maximum Gasteiger partial charge on any atom is 0.315 e. The van der Waals surface area contributed by atoms with E-state index in [9.17, 15) is 0 Å². The third kappa shape index (κ3) is 25.9. The van der Waals surface area contributed by atoms with Crippen molar-refractivity contribution in [3.8, 4) is 0 Å². The van der Waals surface area contributed by atoms with Gasteiger partial charge in [0.05, 0.1) is 13.7 Å². The van der Waals surface area contributed by atoms with Crippen LogP contribution in [0.5, 0.6) is 0 Å². The summed E-state index contributed by atoms with van der Waals surface area (Å²) >= 11 is 0. The summed E-state index contributed by atoms with van der Waals surface area (Å²) in [4.78, 5) is 8.85. The normalized spacial score (nSPS) is 14.7. The van der Waals surface area contributed by atoms with Crippen molar-refractivity contribution in [2.45, 2.75) is 71.4 Å². The van der Waals surface area contributed by atoms with Gasteiger partial charge in [0.1, 0.15) is 12.9 Å². The fraction of sp³-hybridized carbons (Fsp3) is 0.882. The van der Waals surface area contributed by atoms with Crippen LogP contribution in [0, 0.1) is 0 Å². The molecule has 0 aromatic heterocycles. The highest BCUT2D eigenvalue weighted by molar-refractivity contribution is 6.89. The van der Waals surface area contributed by atoms with Crippen molar-refractivity contribution in [2.24, 2.45) is 0 Å². The van der Waals surface area contributed by atoms with Crippen LogP contribution in [-0.2, 0) is 82.0 Å². The fourth-order valence-corrected chi connectivity index (χ4v) is 20.9. The zero-order valence-electron chi connectivity index (χ0n) is 23.6. The first-order valence-electron chi connectivity index (χ1n) is 11.5. The molecule has 0 N–H and O–H groups in total. The van der Waals surface area contributed by atoms with Crippen LogP contribution in [0.3, 0.4) is 0 Å². The lowest BCUT2D eigenvalue weighted by Gasteiger charge is -2.41. The van der Waals surface area contributed by atoms with E-state index < -0.39 is 33.8 Å². The quantitative estimate of drug-likeness (QED) is 0.0438. The first-order chi connectivity index (χ1) is 17.7. The summed E-state index contributed by atoms with van der Waals surface area (Å²) < 4.78 is 29.6. The highest BCUT2D eigenvalue weighted by Crippen LogP contribution is 2.27. The van der Waals surface area contributed by atoms with E-state index in [2.05, 4.69) is 124 Å². The van der Waals surface area contributed by atoms with Crippen LogP contribution in [0.15, 0.2) is 12.5 Å². The average molecular weight is 631 g/mol. The molecule has 0 amide bonds. The largest absolute Gasteiger partial charge is 0.501 e. The maximum atomic E-state index is 6.62. The lowest BCUT2D eigenvalue weighted by atomic mass is 10.5. The zero-order chi connectivity index (χ0) is 29.0. The zero-order valence-corrected chi connectivity index (χ0v) is 27.6. The SMILES string of the molecule is CO/C=C/OOOOOOOOOOOOCCOCCC[Si](C)(O[Si](C)(C)C)O[Si](C)(C)O[Si](C)(C)C. The number of hydrogen-bond donors (Lipinski definition) is 0. The molecular formula is C17H42O17Si4. The van der Waals surface area contributed by atoms with E-state index >= 15 is 0 Å². The minimum absolute atomic E-state index is 0.0389. The van der Waals surface area contributed by atoms with Gasteiger partial charge in [-0.15, -0.1) is 0 Å². The monoisotopic (exact) mass is 630 g/mol. The summed E-state index contributed by atoms with van der Waals surface area (Å²) in [5, 5.41) is 38.6. The number of methoxy groups -OCH3 is 1. The van der Waals surface area contributed by atoms with Gasteiger partial charge < -0.3 is 26.7 Å². The van der Waals surface area contributed by atoms with Crippen LogP contribution in [0.25, 0.3) is 0 Å². The predicted octanol–water partition coefficient (Wildman–Crippen LogP) is 4.27. The minimum atomic E-state index is -2.46. The third-order valence-electron chi connectivity index (χ3n) is 3.35. The molecule has 0 aromatic carbocycles. The van der Waals surface area contributed by atoms with Crippen LogP contribution >= 0.6 is 0 Å². The van der Waals surface area contributed by atoms with Gasteiger partial charge in [-0.3, -0.25) is 0 Å². The van der Waals surface area contributed by atoms with E-state index in [1.54, 1.807) is 0 Å². The molecule has 1 atom stereocenters. The molecule has 0 aliphatic carbocycles. The molecule has 17 nitrogen and oxygen atoms in total. The van der Waals surface area contributed by atoms with Crippen LogP contribution in [0.4, 0.5) is 0 Å². The van der Waals surface area contributed by atoms with Crippen molar-refractivity contribution in [1.29, 1.82) is 0 Å². The van der Waals surface area contributed by atoms with Gasteiger partial charge in [0.2, 0.25) is 0 Å². The molecule has 0 aliphatic rings. The lowest BCUT2D eigenvalue weighted by Crippen LogP contribution is -2.56. The van der Waals surface area contributed by atoms with Gasteiger partial charge >= 0.3 is 17.1 Å². The second-order valence-corrected chi connectivity index (χ2v) is 26.4. The van der Waals surface area contributed by atoms with Crippen LogP contribution in [0.2, 0.25) is 65.0 Å². The molecular weight excluding hydrogens is 589 g/mol. The average Bonchev–Trinajstić information content (AvgIpc) is 2.74. The summed E-state index contributed by atoms with van der Waals surface area (Å²) in [5.41, 5.74) is 0. The Labute approximate surface area is 226 Å². The van der Waals surface area contributed by atoms with E-state index in [-0.39, 0.29) is 13.2 Å². The minimum Gasteiger partial charge on any atom is -0.501 e. The van der Waals surface area contributed by atoms with Gasteiger partial charge in [0, 0.05) is 31.8 Å². The molecule has 1 unspecified atom stereocenters. The number of ether oxygens (including phenoxy) is 2. The van der Waals surface area contributed by atoms with E-state index in [4.69, 9.17) is 17.1 Å². The molecule has 0 saturated heterocycles. The van der Waals surface area contributed by atoms with Gasteiger partial charge in [-0.2, -0.15) is 0 Å². The van der Waals surface area contributed by atoms with Crippen molar-refractivity contribution in [3.63, 3.8) is 0 Å². The number of hydrogen-bond acceptors (Lipinski definition) is 17. The van der Waals surface area contributed by atoms with E-state index in [0.717, 1.165) is 25.0 Å². The summed E-state index contributed by atoms with van der Waals surface area (Å²) in [6.07, 6.45) is 2.88. The molecule has 0 heterocycles. The van der Waals surface area contributed by atoms with E-state index in [1.807, 2.05) is 0 Å². The van der Waals surface area contributed by atoms with Crippen LogP contribution in [0.1, 0.15) is 6.42 Å². The fourth-order valence-electron chi connectivity index (χ4n) is 3.00. The van der Waals surface area contributed by atoms with Gasteiger partial charge in [0.25, 0.3) is 0 Å². The van der Waals surface area contributed by atoms with Crippen molar-refractivity contribution < 1.29 is 82.0 Å².